The fourth-order valence-corrected chi connectivity index (χ4v) is 6.29. The van der Waals surface area contributed by atoms with Gasteiger partial charge in [0.1, 0.15) is 24.1 Å². The SMILES string of the molecule is CSCc1ccc(-c2ccc(F)c3c(N4CCC(C5N=C(C(C)C)ON5)CC4)ncnc23)cc1SC. The highest BCUT2D eigenvalue weighted by atomic mass is 32.2. The van der Waals surface area contributed by atoms with Crippen molar-refractivity contribution in [2.75, 3.05) is 30.5 Å². The molecule has 0 aliphatic carbocycles. The van der Waals surface area contributed by atoms with E-state index in [1.54, 1.807) is 24.2 Å². The topological polar surface area (TPSA) is 62.6 Å². The molecule has 1 aromatic heterocycles. The molecule has 1 atom stereocenters. The van der Waals surface area contributed by atoms with Gasteiger partial charge in [-0.2, -0.15) is 11.8 Å². The van der Waals surface area contributed by atoms with Gasteiger partial charge in [0.15, 0.2) is 0 Å². The number of fused-ring (bicyclic) bond motifs is 1. The summed E-state index contributed by atoms with van der Waals surface area (Å²) in [6.45, 7) is 5.72. The molecule has 0 saturated carbocycles. The Hall–Kier alpha value is -2.36. The number of aliphatic imine (C=N–C) groups is 1. The van der Waals surface area contributed by atoms with Crippen LogP contribution in [0.2, 0.25) is 0 Å². The van der Waals surface area contributed by atoms with Crippen molar-refractivity contribution in [3.63, 3.8) is 0 Å². The lowest BCUT2D eigenvalue weighted by atomic mass is 9.93. The average molecular weight is 526 g/mol. The number of anilines is 1. The average Bonchev–Trinajstić information content (AvgIpc) is 3.40. The highest BCUT2D eigenvalue weighted by molar-refractivity contribution is 7.99. The largest absolute Gasteiger partial charge is 0.391 e. The van der Waals surface area contributed by atoms with Crippen LogP contribution in [0.3, 0.4) is 0 Å². The summed E-state index contributed by atoms with van der Waals surface area (Å²) >= 11 is 3.55. The highest BCUT2D eigenvalue weighted by Gasteiger charge is 2.32. The van der Waals surface area contributed by atoms with Crippen LogP contribution in [0.4, 0.5) is 10.2 Å². The van der Waals surface area contributed by atoms with E-state index >= 15 is 4.39 Å². The molecule has 190 valence electrons. The van der Waals surface area contributed by atoms with Crippen molar-refractivity contribution in [1.82, 2.24) is 15.4 Å². The molecule has 1 saturated heterocycles. The molecule has 2 aliphatic rings. The third-order valence-corrected chi connectivity index (χ3v) is 8.37. The second-order valence-corrected chi connectivity index (χ2v) is 11.3. The Bertz CT molecular complexity index is 1280. The number of hydrogen-bond acceptors (Lipinski definition) is 8. The summed E-state index contributed by atoms with van der Waals surface area (Å²) in [5.41, 5.74) is 7.03. The summed E-state index contributed by atoms with van der Waals surface area (Å²) in [7, 11) is 0. The molecule has 3 aromatic rings. The van der Waals surface area contributed by atoms with Gasteiger partial charge in [-0.1, -0.05) is 26.0 Å². The number of hydrogen-bond donors (Lipinski definition) is 1. The van der Waals surface area contributed by atoms with Gasteiger partial charge in [-0.3, -0.25) is 0 Å². The first-order valence-electron chi connectivity index (χ1n) is 12.3. The van der Waals surface area contributed by atoms with E-state index in [9.17, 15) is 0 Å². The number of piperidine rings is 1. The third-order valence-electron chi connectivity index (χ3n) is 6.95. The minimum atomic E-state index is -0.285. The van der Waals surface area contributed by atoms with Gasteiger partial charge in [0.2, 0.25) is 5.90 Å². The van der Waals surface area contributed by atoms with Crippen molar-refractivity contribution in [2.24, 2.45) is 16.8 Å². The van der Waals surface area contributed by atoms with E-state index in [0.717, 1.165) is 48.7 Å². The van der Waals surface area contributed by atoms with Gasteiger partial charge >= 0.3 is 0 Å². The van der Waals surface area contributed by atoms with E-state index in [1.807, 2.05) is 17.8 Å². The molecule has 5 rings (SSSR count). The summed E-state index contributed by atoms with van der Waals surface area (Å²) in [6, 6.07) is 9.87. The van der Waals surface area contributed by atoms with Crippen LogP contribution in [0.5, 0.6) is 0 Å². The summed E-state index contributed by atoms with van der Waals surface area (Å²) in [5, 5.41) is 0.495. The van der Waals surface area contributed by atoms with Gasteiger partial charge in [-0.25, -0.2) is 19.4 Å². The van der Waals surface area contributed by atoms with Gasteiger partial charge in [0, 0.05) is 41.1 Å². The maximum absolute atomic E-state index is 15.3. The van der Waals surface area contributed by atoms with Gasteiger partial charge < -0.3 is 9.74 Å². The molecular weight excluding hydrogens is 493 g/mol. The highest BCUT2D eigenvalue weighted by Crippen LogP contribution is 2.37. The molecule has 3 heterocycles. The van der Waals surface area contributed by atoms with Gasteiger partial charge in [-0.15, -0.1) is 17.2 Å². The number of thioether (sulfide) groups is 2. The molecule has 0 amide bonds. The lowest BCUT2D eigenvalue weighted by Crippen LogP contribution is -2.41. The Balaban J connectivity index is 1.43. The molecule has 9 heteroatoms. The number of nitrogens with zero attached hydrogens (tertiary/aromatic N) is 4. The number of rotatable bonds is 7. The van der Waals surface area contributed by atoms with Crippen molar-refractivity contribution in [2.45, 2.75) is 43.5 Å². The summed E-state index contributed by atoms with van der Waals surface area (Å²) < 4.78 is 15.3. The first-order valence-corrected chi connectivity index (χ1v) is 15.0. The minimum Gasteiger partial charge on any atom is -0.391 e. The molecule has 6 nitrogen and oxygen atoms in total. The van der Waals surface area contributed by atoms with E-state index in [4.69, 9.17) is 9.83 Å². The Morgan fingerprint density at radius 2 is 1.94 bits per heavy atom. The van der Waals surface area contributed by atoms with Crippen molar-refractivity contribution in [3.05, 3.63) is 48.0 Å². The first kappa shape index (κ1) is 25.3. The van der Waals surface area contributed by atoms with Gasteiger partial charge in [0.25, 0.3) is 0 Å². The summed E-state index contributed by atoms with van der Waals surface area (Å²) in [5.74, 6) is 2.76. The molecule has 0 spiro atoms. The van der Waals surface area contributed by atoms with Gasteiger partial charge in [0.05, 0.1) is 10.9 Å². The van der Waals surface area contributed by atoms with E-state index in [2.05, 4.69) is 64.9 Å². The lowest BCUT2D eigenvalue weighted by Gasteiger charge is -2.34. The quantitative estimate of drug-likeness (QED) is 0.371. The van der Waals surface area contributed by atoms with Crippen LogP contribution in [0.25, 0.3) is 22.0 Å². The molecule has 1 fully saturated rings. The van der Waals surface area contributed by atoms with E-state index < -0.39 is 0 Å². The fourth-order valence-electron chi connectivity index (χ4n) is 4.98. The second kappa shape index (κ2) is 10.9. The van der Waals surface area contributed by atoms with E-state index in [0.29, 0.717) is 22.6 Å². The molecule has 0 bridgehead atoms. The number of benzene rings is 2. The normalized spacial score (nSPS) is 18.7. The fraction of sp³-hybridized carbons (Fsp3) is 0.444. The predicted octanol–water partition coefficient (Wildman–Crippen LogP) is 6.15. The first-order chi connectivity index (χ1) is 17.5. The van der Waals surface area contributed by atoms with Crippen molar-refractivity contribution in [3.8, 4) is 11.1 Å². The molecule has 0 radical (unpaired) electrons. The van der Waals surface area contributed by atoms with Crippen molar-refractivity contribution < 1.29 is 9.23 Å². The Morgan fingerprint density at radius 3 is 2.64 bits per heavy atom. The number of aromatic nitrogens is 2. The lowest BCUT2D eigenvalue weighted by molar-refractivity contribution is 0.134. The monoisotopic (exact) mass is 525 g/mol. The zero-order valence-electron chi connectivity index (χ0n) is 21.1. The van der Waals surface area contributed by atoms with Crippen LogP contribution in [-0.2, 0) is 10.6 Å². The van der Waals surface area contributed by atoms with Crippen LogP contribution < -0.4 is 10.4 Å². The van der Waals surface area contributed by atoms with E-state index in [-0.39, 0.29) is 17.9 Å². The minimum absolute atomic E-state index is 0.0188. The summed E-state index contributed by atoms with van der Waals surface area (Å²) in [4.78, 5) is 22.8. The third kappa shape index (κ3) is 4.93. The maximum atomic E-state index is 15.3. The Kier molecular flexibility index (Phi) is 7.69. The van der Waals surface area contributed by atoms with Crippen LogP contribution >= 0.6 is 23.5 Å². The number of hydroxylamine groups is 1. The summed E-state index contributed by atoms with van der Waals surface area (Å²) in [6.07, 6.45) is 7.61. The Morgan fingerprint density at radius 1 is 1.14 bits per heavy atom. The molecule has 2 aliphatic heterocycles. The van der Waals surface area contributed by atoms with Gasteiger partial charge in [-0.05, 0) is 54.7 Å². The molecule has 1 N–H and O–H groups in total. The number of nitrogens with one attached hydrogen (secondary N) is 1. The number of halogens is 1. The zero-order valence-corrected chi connectivity index (χ0v) is 22.8. The van der Waals surface area contributed by atoms with Crippen LogP contribution in [0.1, 0.15) is 32.3 Å². The second-order valence-electron chi connectivity index (χ2n) is 9.59. The Labute approximate surface area is 220 Å². The van der Waals surface area contributed by atoms with Crippen LogP contribution in [0.15, 0.2) is 46.5 Å². The molecular formula is C27H32FN5OS2. The van der Waals surface area contributed by atoms with E-state index in [1.165, 1.54) is 10.5 Å². The van der Waals surface area contributed by atoms with Crippen molar-refractivity contribution >= 4 is 46.1 Å². The van der Waals surface area contributed by atoms with Crippen LogP contribution in [-0.4, -0.2) is 47.6 Å². The molecule has 36 heavy (non-hydrogen) atoms. The maximum Gasteiger partial charge on any atom is 0.213 e. The van der Waals surface area contributed by atoms with Crippen molar-refractivity contribution in [1.29, 1.82) is 0 Å². The molecule has 1 unspecified atom stereocenters. The molecule has 2 aromatic carbocycles. The predicted molar refractivity (Wildman–Crippen MR) is 149 cm³/mol. The standard InChI is InChI=1S/C27H32FN5OS2/c1-16(2)27-31-25(32-34-27)17-9-11-33(12-10-17)26-23-21(28)8-7-20(24(23)29-15-30-26)18-5-6-19(14-35-3)22(13-18)36-4/h5-8,13,15-17,25,32H,9-12,14H2,1-4H3. The van der Waals surface area contributed by atoms with Crippen LogP contribution in [0, 0.1) is 17.7 Å². The zero-order chi connectivity index (χ0) is 25.2. The smallest absolute Gasteiger partial charge is 0.213 e.